The van der Waals surface area contributed by atoms with E-state index in [0.717, 1.165) is 11.1 Å². The SMILES string of the molecule is C[C@@H]1CN(c2ccc(C#N)c3ncccc23)C[C@H](C(=O)NCC(O)COc2ccccc2)O1. The summed E-state index contributed by atoms with van der Waals surface area (Å²) in [4.78, 5) is 19.2. The average molecular weight is 447 g/mol. The van der Waals surface area contributed by atoms with Gasteiger partial charge in [0.15, 0.2) is 6.10 Å². The van der Waals surface area contributed by atoms with Crippen LogP contribution in [0.5, 0.6) is 5.75 Å². The molecule has 3 aromatic rings. The van der Waals surface area contributed by atoms with E-state index in [0.29, 0.717) is 29.9 Å². The number of hydrogen-bond donors (Lipinski definition) is 2. The molecule has 1 aromatic heterocycles. The third kappa shape index (κ3) is 5.40. The summed E-state index contributed by atoms with van der Waals surface area (Å²) in [5.41, 5.74) is 2.05. The van der Waals surface area contributed by atoms with Crippen LogP contribution in [0.2, 0.25) is 0 Å². The largest absolute Gasteiger partial charge is 0.491 e. The van der Waals surface area contributed by atoms with Crippen LogP contribution in [0.4, 0.5) is 5.69 Å². The summed E-state index contributed by atoms with van der Waals surface area (Å²) >= 11 is 0. The molecule has 0 saturated carbocycles. The van der Waals surface area contributed by atoms with Crippen LogP contribution >= 0.6 is 0 Å². The number of nitrogens with zero attached hydrogens (tertiary/aromatic N) is 3. The summed E-state index contributed by atoms with van der Waals surface area (Å²) in [6.45, 7) is 3.00. The van der Waals surface area contributed by atoms with Crippen molar-refractivity contribution < 1.29 is 19.4 Å². The number of nitriles is 1. The number of morpholine rings is 1. The molecule has 2 aromatic carbocycles. The monoisotopic (exact) mass is 446 g/mol. The van der Waals surface area contributed by atoms with Gasteiger partial charge in [-0.25, -0.2) is 0 Å². The Bertz CT molecular complexity index is 1150. The van der Waals surface area contributed by atoms with Crippen LogP contribution in [0.1, 0.15) is 12.5 Å². The number of carbonyl (C=O) groups excluding carboxylic acids is 1. The van der Waals surface area contributed by atoms with Gasteiger partial charge < -0.3 is 24.8 Å². The van der Waals surface area contributed by atoms with E-state index in [1.165, 1.54) is 0 Å². The lowest BCUT2D eigenvalue weighted by Gasteiger charge is -2.38. The molecular weight excluding hydrogens is 420 g/mol. The molecule has 1 fully saturated rings. The van der Waals surface area contributed by atoms with Gasteiger partial charge in [-0.2, -0.15) is 5.26 Å². The number of anilines is 1. The summed E-state index contributed by atoms with van der Waals surface area (Å²) in [7, 11) is 0. The first-order valence-electron chi connectivity index (χ1n) is 10.9. The summed E-state index contributed by atoms with van der Waals surface area (Å²) in [5.74, 6) is 0.369. The molecule has 3 atom stereocenters. The molecule has 0 spiro atoms. The van der Waals surface area contributed by atoms with Gasteiger partial charge in [-0.1, -0.05) is 18.2 Å². The number of nitrogens with one attached hydrogen (secondary N) is 1. The fourth-order valence-corrected chi connectivity index (χ4v) is 3.92. The molecule has 8 heteroatoms. The number of aliphatic hydroxyl groups is 1. The van der Waals surface area contributed by atoms with E-state index < -0.39 is 12.2 Å². The first-order valence-corrected chi connectivity index (χ1v) is 10.9. The standard InChI is InChI=1S/C25H26N4O4/c1-17-14-29(22-10-9-18(12-26)24-21(22)8-5-11-27-24)15-23(33-17)25(31)28-13-19(30)16-32-20-6-3-2-4-7-20/h2-11,17,19,23,30H,13-16H2,1H3,(H,28,31)/t17-,19?,23-/m1/s1. The molecule has 1 aliphatic rings. The van der Waals surface area contributed by atoms with Crippen LogP contribution in [0.25, 0.3) is 10.9 Å². The van der Waals surface area contributed by atoms with E-state index in [1.807, 2.05) is 43.3 Å². The first-order chi connectivity index (χ1) is 16.0. The highest BCUT2D eigenvalue weighted by Gasteiger charge is 2.31. The van der Waals surface area contributed by atoms with Crippen LogP contribution in [0.3, 0.4) is 0 Å². The van der Waals surface area contributed by atoms with Crippen molar-refractivity contribution in [2.75, 3.05) is 31.1 Å². The number of aliphatic hydroxyl groups excluding tert-OH is 1. The number of benzene rings is 2. The number of rotatable bonds is 7. The van der Waals surface area contributed by atoms with Gasteiger partial charge in [0.1, 0.15) is 24.5 Å². The van der Waals surface area contributed by atoms with Crippen molar-refractivity contribution >= 4 is 22.5 Å². The second kappa shape index (κ2) is 10.3. The highest BCUT2D eigenvalue weighted by atomic mass is 16.5. The Kier molecular flexibility index (Phi) is 7.03. The molecule has 1 aliphatic heterocycles. The lowest BCUT2D eigenvalue weighted by Crippen LogP contribution is -2.53. The van der Waals surface area contributed by atoms with Crippen LogP contribution in [-0.2, 0) is 9.53 Å². The molecule has 170 valence electrons. The highest BCUT2D eigenvalue weighted by Crippen LogP contribution is 2.30. The lowest BCUT2D eigenvalue weighted by molar-refractivity contribution is -0.137. The summed E-state index contributed by atoms with van der Waals surface area (Å²) in [5, 5.41) is 23.2. The maximum atomic E-state index is 12.8. The Morgan fingerprint density at radius 2 is 2.09 bits per heavy atom. The summed E-state index contributed by atoms with van der Waals surface area (Å²) in [6.07, 6.45) is -0.0563. The first kappa shape index (κ1) is 22.5. The number of pyridine rings is 1. The minimum atomic E-state index is -0.847. The van der Waals surface area contributed by atoms with E-state index in [1.54, 1.807) is 24.4 Å². The third-order valence-electron chi connectivity index (χ3n) is 5.46. The number of para-hydroxylation sites is 1. The van der Waals surface area contributed by atoms with Crippen molar-refractivity contribution in [3.63, 3.8) is 0 Å². The molecule has 33 heavy (non-hydrogen) atoms. The molecular formula is C25H26N4O4. The second-order valence-corrected chi connectivity index (χ2v) is 8.01. The van der Waals surface area contributed by atoms with Gasteiger partial charge in [0, 0.05) is 30.4 Å². The van der Waals surface area contributed by atoms with Crippen molar-refractivity contribution in [3.05, 3.63) is 66.4 Å². The zero-order valence-electron chi connectivity index (χ0n) is 18.3. The number of carbonyl (C=O) groups is 1. The van der Waals surface area contributed by atoms with Gasteiger partial charge >= 0.3 is 0 Å². The van der Waals surface area contributed by atoms with Crippen molar-refractivity contribution in [3.8, 4) is 11.8 Å². The molecule has 0 bridgehead atoms. The number of ether oxygens (including phenoxy) is 2. The fraction of sp³-hybridized carbons (Fsp3) is 0.320. The zero-order valence-corrected chi connectivity index (χ0v) is 18.3. The molecule has 0 radical (unpaired) electrons. The van der Waals surface area contributed by atoms with Gasteiger partial charge in [-0.05, 0) is 43.3 Å². The number of fused-ring (bicyclic) bond motifs is 1. The second-order valence-electron chi connectivity index (χ2n) is 8.01. The Morgan fingerprint density at radius 3 is 2.88 bits per heavy atom. The van der Waals surface area contributed by atoms with Gasteiger partial charge in [0.25, 0.3) is 5.91 Å². The van der Waals surface area contributed by atoms with E-state index in [9.17, 15) is 15.2 Å². The molecule has 2 N–H and O–H groups in total. The van der Waals surface area contributed by atoms with Gasteiger partial charge in [0.2, 0.25) is 0 Å². The van der Waals surface area contributed by atoms with Crippen molar-refractivity contribution in [2.24, 2.45) is 0 Å². The maximum Gasteiger partial charge on any atom is 0.251 e. The Balaban J connectivity index is 1.39. The molecule has 1 saturated heterocycles. The average Bonchev–Trinajstić information content (AvgIpc) is 2.85. The fourth-order valence-electron chi connectivity index (χ4n) is 3.92. The topological polar surface area (TPSA) is 108 Å². The van der Waals surface area contributed by atoms with Crippen molar-refractivity contribution in [1.82, 2.24) is 10.3 Å². The minimum absolute atomic E-state index is 0.0592. The van der Waals surface area contributed by atoms with Crippen molar-refractivity contribution in [1.29, 1.82) is 5.26 Å². The van der Waals surface area contributed by atoms with Crippen molar-refractivity contribution in [2.45, 2.75) is 25.2 Å². The molecule has 1 amide bonds. The summed E-state index contributed by atoms with van der Waals surface area (Å²) in [6, 6.07) is 18.8. The van der Waals surface area contributed by atoms with Crippen LogP contribution in [0.15, 0.2) is 60.8 Å². The van der Waals surface area contributed by atoms with E-state index in [2.05, 4.69) is 21.3 Å². The van der Waals surface area contributed by atoms with Crippen LogP contribution in [0, 0.1) is 11.3 Å². The molecule has 4 rings (SSSR count). The molecule has 1 unspecified atom stereocenters. The number of amides is 1. The zero-order chi connectivity index (χ0) is 23.2. The number of hydrogen-bond acceptors (Lipinski definition) is 7. The molecule has 0 aliphatic carbocycles. The van der Waals surface area contributed by atoms with Crippen LogP contribution < -0.4 is 15.0 Å². The van der Waals surface area contributed by atoms with E-state index in [-0.39, 0.29) is 25.2 Å². The molecule has 2 heterocycles. The quantitative estimate of drug-likeness (QED) is 0.573. The Hall–Kier alpha value is -3.67. The highest BCUT2D eigenvalue weighted by molar-refractivity contribution is 5.95. The predicted octanol–water partition coefficient (Wildman–Crippen LogP) is 2.26. The molecule has 8 nitrogen and oxygen atoms in total. The van der Waals surface area contributed by atoms with E-state index in [4.69, 9.17) is 9.47 Å². The maximum absolute atomic E-state index is 12.8. The Morgan fingerprint density at radius 1 is 1.27 bits per heavy atom. The van der Waals surface area contributed by atoms with Crippen LogP contribution in [-0.4, -0.2) is 60.6 Å². The minimum Gasteiger partial charge on any atom is -0.491 e. The van der Waals surface area contributed by atoms with Gasteiger partial charge in [0.05, 0.1) is 23.7 Å². The van der Waals surface area contributed by atoms with Gasteiger partial charge in [-0.3, -0.25) is 9.78 Å². The van der Waals surface area contributed by atoms with E-state index >= 15 is 0 Å². The lowest BCUT2D eigenvalue weighted by atomic mass is 10.1. The smallest absolute Gasteiger partial charge is 0.251 e. The van der Waals surface area contributed by atoms with Gasteiger partial charge in [-0.15, -0.1) is 0 Å². The third-order valence-corrected chi connectivity index (χ3v) is 5.46. The predicted molar refractivity (Wildman–Crippen MR) is 124 cm³/mol. The number of aromatic nitrogens is 1. The summed E-state index contributed by atoms with van der Waals surface area (Å²) < 4.78 is 11.4. The Labute approximate surface area is 192 Å². The normalized spacial score (nSPS) is 19.0.